The lowest BCUT2D eigenvalue weighted by molar-refractivity contribution is 0.499. The maximum atomic E-state index is 5.82. The molecule has 0 bridgehead atoms. The molecule has 1 atom stereocenters. The van der Waals surface area contributed by atoms with Crippen LogP contribution in [0, 0.1) is 0 Å². The zero-order valence-corrected chi connectivity index (χ0v) is 11.5. The predicted octanol–water partition coefficient (Wildman–Crippen LogP) is -1.64. The Morgan fingerprint density at radius 3 is 2.89 bits per heavy atom. The first-order valence-corrected chi connectivity index (χ1v) is 6.82. The van der Waals surface area contributed by atoms with Crippen molar-refractivity contribution in [3.05, 3.63) is 0 Å². The van der Waals surface area contributed by atoms with E-state index in [2.05, 4.69) is 6.92 Å². The smallest absolute Gasteiger partial charge is 0.282 e. The molecule has 0 saturated heterocycles. The second kappa shape index (κ2) is 6.97. The summed E-state index contributed by atoms with van der Waals surface area (Å²) in [5.74, 6) is 0. The van der Waals surface area contributed by atoms with Gasteiger partial charge in [-0.25, -0.2) is 0 Å². The molecule has 9 heavy (non-hydrogen) atoms. The Kier molecular flexibility index (Phi) is 7.64. The molecule has 1 unspecified atom stereocenters. The van der Waals surface area contributed by atoms with Crippen molar-refractivity contribution in [3.63, 3.8) is 0 Å². The number of alkyl halides is 1. The van der Waals surface area contributed by atoms with Crippen molar-refractivity contribution in [1.82, 2.24) is 0 Å². The molecule has 0 heterocycles. The van der Waals surface area contributed by atoms with Gasteiger partial charge in [0.05, 0.1) is 0 Å². The lowest BCUT2D eigenvalue weighted by Crippen LogP contribution is -2.16. The molecular formula is C3H13ClO2Si3. The lowest BCUT2D eigenvalue weighted by atomic mass is 10.6. The van der Waals surface area contributed by atoms with Crippen LogP contribution in [0.3, 0.4) is 0 Å². The summed E-state index contributed by atoms with van der Waals surface area (Å²) >= 11 is 5.82. The molecule has 0 aliphatic rings. The van der Waals surface area contributed by atoms with Gasteiger partial charge in [-0.05, 0) is 6.42 Å². The monoisotopic (exact) mass is 200 g/mol. The Labute approximate surface area is 68.8 Å². The average Bonchev–Trinajstić information content (AvgIpc) is 1.89. The topological polar surface area (TPSA) is 18.5 Å². The highest BCUT2D eigenvalue weighted by Crippen LogP contribution is 1.97. The molecule has 0 aromatic carbocycles. The molecule has 0 aromatic heterocycles. The second-order valence-electron chi connectivity index (χ2n) is 1.78. The summed E-state index contributed by atoms with van der Waals surface area (Å²) in [7, 11) is -0.226. The van der Waals surface area contributed by atoms with Gasteiger partial charge in [0.2, 0.25) is 0 Å². The zero-order valence-electron chi connectivity index (χ0n) is 5.89. The van der Waals surface area contributed by atoms with Gasteiger partial charge >= 0.3 is 0 Å². The molecule has 0 saturated carbocycles. The third-order valence-electron chi connectivity index (χ3n) is 0.943. The zero-order chi connectivity index (χ0) is 7.11. The third kappa shape index (κ3) is 6.75. The Balaban J connectivity index is 2.88. The second-order valence-corrected chi connectivity index (χ2v) is 8.41. The van der Waals surface area contributed by atoms with Gasteiger partial charge in [-0.15, -0.1) is 11.6 Å². The first kappa shape index (κ1) is 9.86. The Hall–Kier alpha value is 0.861. The molecule has 0 fully saturated rings. The predicted molar refractivity (Wildman–Crippen MR) is 49.1 cm³/mol. The van der Waals surface area contributed by atoms with Crippen molar-refractivity contribution in [2.24, 2.45) is 0 Å². The number of hydrogen-bond donors (Lipinski definition) is 0. The van der Waals surface area contributed by atoms with Gasteiger partial charge in [-0.2, -0.15) is 0 Å². The van der Waals surface area contributed by atoms with E-state index in [0.29, 0.717) is 5.00 Å². The molecule has 0 aliphatic heterocycles. The third-order valence-corrected chi connectivity index (χ3v) is 5.12. The van der Waals surface area contributed by atoms with E-state index in [1.807, 2.05) is 0 Å². The molecular weight excluding hydrogens is 188 g/mol. The number of rotatable bonds is 5. The van der Waals surface area contributed by atoms with Crippen LogP contribution in [0.25, 0.3) is 0 Å². The first-order valence-electron chi connectivity index (χ1n) is 3.02. The average molecular weight is 201 g/mol. The fourth-order valence-electron chi connectivity index (χ4n) is 0.377. The van der Waals surface area contributed by atoms with Gasteiger partial charge < -0.3 is 8.23 Å². The molecule has 0 N–H and O–H groups in total. The molecule has 6 heteroatoms. The molecule has 0 rings (SSSR count). The van der Waals surface area contributed by atoms with E-state index in [0.717, 1.165) is 16.9 Å². The van der Waals surface area contributed by atoms with Crippen LogP contribution >= 0.6 is 11.6 Å². The molecule has 0 radical (unpaired) electrons. The van der Waals surface area contributed by atoms with Gasteiger partial charge in [0.1, 0.15) is 10.5 Å². The largest absolute Gasteiger partial charge is 0.449 e. The molecule has 0 spiro atoms. The minimum Gasteiger partial charge on any atom is -0.449 e. The minimum absolute atomic E-state index is 0.314. The van der Waals surface area contributed by atoms with Crippen molar-refractivity contribution in [2.75, 3.05) is 0 Å². The van der Waals surface area contributed by atoms with Crippen LogP contribution in [0.2, 0.25) is 0 Å². The molecule has 0 aromatic rings. The van der Waals surface area contributed by atoms with E-state index in [1.165, 1.54) is 0 Å². The van der Waals surface area contributed by atoms with Gasteiger partial charge in [0.15, 0.2) is 9.76 Å². The van der Waals surface area contributed by atoms with E-state index in [9.17, 15) is 0 Å². The molecule has 2 nitrogen and oxygen atoms in total. The van der Waals surface area contributed by atoms with Crippen LogP contribution in [-0.2, 0) is 8.23 Å². The highest BCUT2D eigenvalue weighted by atomic mass is 35.5. The lowest BCUT2D eigenvalue weighted by Gasteiger charge is -2.04. The number of hydrogen-bond acceptors (Lipinski definition) is 2. The quantitative estimate of drug-likeness (QED) is 0.301. The Morgan fingerprint density at radius 2 is 2.44 bits per heavy atom. The van der Waals surface area contributed by atoms with Crippen LogP contribution in [0.1, 0.15) is 13.3 Å². The molecule has 56 valence electrons. The van der Waals surface area contributed by atoms with Crippen LogP contribution in [-0.4, -0.2) is 35.3 Å². The van der Waals surface area contributed by atoms with Gasteiger partial charge in [0, 0.05) is 5.00 Å². The van der Waals surface area contributed by atoms with Crippen LogP contribution in [0.15, 0.2) is 0 Å². The standard InChI is InChI=1S/C3H13ClO2Si3/c1-2-3(4)8-6-9-5-7/h3H,2,8-9H2,1,7H3. The summed E-state index contributed by atoms with van der Waals surface area (Å²) in [5, 5.41) is 0.314. The fourth-order valence-corrected chi connectivity index (χ4v) is 4.99. The Bertz CT molecular complexity index is 65.0. The Morgan fingerprint density at radius 1 is 1.78 bits per heavy atom. The summed E-state index contributed by atoms with van der Waals surface area (Å²) in [6, 6.07) is 0. The van der Waals surface area contributed by atoms with Crippen molar-refractivity contribution in [1.29, 1.82) is 0 Å². The SMILES string of the molecule is CCC(Cl)[SiH2]O[SiH2]O[SiH3]. The van der Waals surface area contributed by atoms with Crippen LogP contribution < -0.4 is 0 Å². The van der Waals surface area contributed by atoms with E-state index < -0.39 is 19.8 Å². The summed E-state index contributed by atoms with van der Waals surface area (Å²) in [4.78, 5) is 0. The fraction of sp³-hybridized carbons (Fsp3) is 1.00. The van der Waals surface area contributed by atoms with E-state index >= 15 is 0 Å². The van der Waals surface area contributed by atoms with E-state index in [-0.39, 0.29) is 0 Å². The molecule has 0 aliphatic carbocycles. The molecule has 0 amide bonds. The summed E-state index contributed by atoms with van der Waals surface area (Å²) in [6.45, 7) is 2.08. The minimum atomic E-state index is -0.591. The van der Waals surface area contributed by atoms with Gasteiger partial charge in [0.25, 0.3) is 10.0 Å². The maximum Gasteiger partial charge on any atom is 0.282 e. The van der Waals surface area contributed by atoms with Crippen LogP contribution in [0.4, 0.5) is 0 Å². The van der Waals surface area contributed by atoms with Crippen molar-refractivity contribution < 1.29 is 8.23 Å². The van der Waals surface area contributed by atoms with Crippen LogP contribution in [0.5, 0.6) is 0 Å². The van der Waals surface area contributed by atoms with Crippen molar-refractivity contribution in [3.8, 4) is 0 Å². The van der Waals surface area contributed by atoms with Gasteiger partial charge in [-0.3, -0.25) is 0 Å². The summed E-state index contributed by atoms with van der Waals surface area (Å²) in [5.41, 5.74) is 0. The summed E-state index contributed by atoms with van der Waals surface area (Å²) < 4.78 is 10.3. The maximum absolute atomic E-state index is 5.82. The van der Waals surface area contributed by atoms with E-state index in [1.54, 1.807) is 0 Å². The van der Waals surface area contributed by atoms with Gasteiger partial charge in [-0.1, -0.05) is 6.92 Å². The summed E-state index contributed by atoms with van der Waals surface area (Å²) in [6.07, 6.45) is 1.03. The van der Waals surface area contributed by atoms with E-state index in [4.69, 9.17) is 19.8 Å². The highest BCUT2D eigenvalue weighted by molar-refractivity contribution is 6.53. The number of halogens is 1. The first-order chi connectivity index (χ1) is 4.31. The highest BCUT2D eigenvalue weighted by Gasteiger charge is 2.00. The van der Waals surface area contributed by atoms with Crippen molar-refractivity contribution in [2.45, 2.75) is 18.3 Å². The van der Waals surface area contributed by atoms with Crippen molar-refractivity contribution >= 4 is 41.9 Å². The normalized spacial score (nSPS) is 16.7.